The Bertz CT molecular complexity index is 1640. The Morgan fingerprint density at radius 2 is 1.68 bits per heavy atom. The first-order valence-electron chi connectivity index (χ1n) is 11.0. The first kappa shape index (κ1) is 21.8. The summed E-state index contributed by atoms with van der Waals surface area (Å²) in [6.45, 7) is 4.62. The average molecular weight is 474 g/mol. The Morgan fingerprint density at radius 3 is 2.38 bits per heavy atom. The number of rotatable bonds is 6. The van der Waals surface area contributed by atoms with Gasteiger partial charge in [-0.05, 0) is 31.5 Å². The third-order valence-corrected chi connectivity index (χ3v) is 6.91. The smallest absolute Gasteiger partial charge is 0.292 e. The zero-order chi connectivity index (χ0) is 23.8. The number of benzene rings is 2. The van der Waals surface area contributed by atoms with Crippen LogP contribution in [0.1, 0.15) is 18.2 Å². The van der Waals surface area contributed by atoms with Gasteiger partial charge in [0.1, 0.15) is 11.2 Å². The highest BCUT2D eigenvalue weighted by Gasteiger charge is 2.18. The normalized spacial score (nSPS) is 11.4. The van der Waals surface area contributed by atoms with Gasteiger partial charge in [-0.15, -0.1) is 11.3 Å². The van der Waals surface area contributed by atoms with E-state index in [0.29, 0.717) is 16.8 Å². The van der Waals surface area contributed by atoms with Gasteiger partial charge in [0, 0.05) is 30.0 Å². The summed E-state index contributed by atoms with van der Waals surface area (Å²) in [6, 6.07) is 17.2. The van der Waals surface area contributed by atoms with Gasteiger partial charge >= 0.3 is 5.69 Å². The molecule has 9 heteroatoms. The molecule has 3 heterocycles. The lowest BCUT2D eigenvalue weighted by Crippen LogP contribution is -2.34. The van der Waals surface area contributed by atoms with Crippen LogP contribution in [0.2, 0.25) is 0 Å². The average Bonchev–Trinajstić information content (AvgIpc) is 3.33. The summed E-state index contributed by atoms with van der Waals surface area (Å²) in [7, 11) is 0. The van der Waals surface area contributed by atoms with Crippen LogP contribution in [0.4, 0.5) is 0 Å². The van der Waals surface area contributed by atoms with E-state index in [-0.39, 0.29) is 30.1 Å². The number of thiophene rings is 1. The number of para-hydroxylation sites is 2. The number of nitrogens with one attached hydrogen (secondary N) is 1. The molecule has 0 saturated carbocycles. The molecule has 5 rings (SSSR count). The van der Waals surface area contributed by atoms with Crippen LogP contribution in [0.25, 0.3) is 32.4 Å². The van der Waals surface area contributed by atoms with Crippen LogP contribution >= 0.6 is 11.3 Å². The largest absolute Gasteiger partial charge is 0.329 e. The predicted molar refractivity (Wildman–Crippen MR) is 135 cm³/mol. The summed E-state index contributed by atoms with van der Waals surface area (Å²) in [5.74, 6) is -0.378. The van der Waals surface area contributed by atoms with Gasteiger partial charge in [-0.25, -0.2) is 14.5 Å². The number of nitrogens with zero attached hydrogens (tertiary/aromatic N) is 4. The molecule has 5 aromatic rings. The van der Waals surface area contributed by atoms with Gasteiger partial charge in [-0.2, -0.15) is 0 Å². The van der Waals surface area contributed by atoms with Gasteiger partial charge < -0.3 is 0 Å². The van der Waals surface area contributed by atoms with Gasteiger partial charge in [0.05, 0.1) is 16.4 Å². The van der Waals surface area contributed by atoms with Crippen molar-refractivity contribution in [2.45, 2.75) is 33.4 Å². The Hall–Kier alpha value is -3.98. The lowest BCUT2D eigenvalue weighted by atomic mass is 10.0. The van der Waals surface area contributed by atoms with E-state index >= 15 is 0 Å². The first-order valence-corrected chi connectivity index (χ1v) is 11.8. The van der Waals surface area contributed by atoms with E-state index < -0.39 is 0 Å². The molecule has 1 N–H and O–H groups in total. The van der Waals surface area contributed by atoms with Crippen molar-refractivity contribution in [3.05, 3.63) is 86.6 Å². The van der Waals surface area contributed by atoms with Crippen LogP contribution < -0.4 is 16.7 Å². The summed E-state index contributed by atoms with van der Waals surface area (Å²) >= 11 is 1.45. The second kappa shape index (κ2) is 8.75. The number of aromatic nitrogens is 4. The highest BCUT2D eigenvalue weighted by Crippen LogP contribution is 2.35. The number of aryl methyl sites for hydroxylation is 3. The van der Waals surface area contributed by atoms with Crippen LogP contribution in [-0.4, -0.2) is 24.7 Å². The molecule has 0 atom stereocenters. The molecule has 3 aromatic heterocycles. The highest BCUT2D eigenvalue weighted by molar-refractivity contribution is 7.19. The maximum absolute atomic E-state index is 13.3. The van der Waals surface area contributed by atoms with E-state index in [0.717, 1.165) is 31.7 Å². The predicted octanol–water partition coefficient (Wildman–Crippen LogP) is 3.73. The first-order chi connectivity index (χ1) is 16.5. The molecule has 0 unspecified atom stereocenters. The van der Waals surface area contributed by atoms with Crippen LogP contribution in [0.15, 0.2) is 70.5 Å². The summed E-state index contributed by atoms with van der Waals surface area (Å²) in [4.78, 5) is 44.8. The SMILES string of the molecule is CCn1c(=O)n(CCC(=O)Nn2cnc3sc(C)c(-c4ccccc4)c3c2=O)c2ccccc21. The molecule has 0 fully saturated rings. The zero-order valence-electron chi connectivity index (χ0n) is 18.8. The Labute approximate surface area is 198 Å². The van der Waals surface area contributed by atoms with Crippen molar-refractivity contribution in [2.24, 2.45) is 0 Å². The van der Waals surface area contributed by atoms with Crippen molar-refractivity contribution in [1.82, 2.24) is 18.8 Å². The fourth-order valence-corrected chi connectivity index (χ4v) is 5.34. The number of fused-ring (bicyclic) bond motifs is 2. The monoisotopic (exact) mass is 473 g/mol. The van der Waals surface area contributed by atoms with Crippen LogP contribution in [0.3, 0.4) is 0 Å². The number of carbonyl (C=O) groups is 1. The van der Waals surface area contributed by atoms with E-state index in [1.54, 1.807) is 9.13 Å². The van der Waals surface area contributed by atoms with E-state index in [9.17, 15) is 14.4 Å². The van der Waals surface area contributed by atoms with Gasteiger partial charge in [0.25, 0.3) is 5.56 Å². The van der Waals surface area contributed by atoms with Gasteiger partial charge in [-0.1, -0.05) is 42.5 Å². The molecule has 2 aromatic carbocycles. The number of imidazole rings is 1. The van der Waals surface area contributed by atoms with Crippen molar-refractivity contribution in [3.8, 4) is 11.1 Å². The number of hydrogen-bond acceptors (Lipinski definition) is 5. The summed E-state index contributed by atoms with van der Waals surface area (Å²) in [6.07, 6.45) is 1.37. The van der Waals surface area contributed by atoms with Crippen LogP contribution in [0, 0.1) is 6.92 Å². The second-order valence-corrected chi connectivity index (χ2v) is 9.15. The standard InChI is InChI=1S/C25H23N5O3S/c1-3-28-18-11-7-8-12-19(18)29(25(28)33)14-13-20(31)27-30-15-26-23-22(24(30)32)21(16(2)34-23)17-9-5-4-6-10-17/h4-12,15H,3,13-14H2,1-2H3,(H,27,31). The number of carbonyl (C=O) groups excluding carboxylic acids is 1. The lowest BCUT2D eigenvalue weighted by molar-refractivity contribution is -0.117. The minimum absolute atomic E-state index is 0.0380. The van der Waals surface area contributed by atoms with Crippen molar-refractivity contribution < 1.29 is 4.79 Å². The summed E-state index contributed by atoms with van der Waals surface area (Å²) in [5.41, 5.74) is 5.53. The molecule has 0 aliphatic carbocycles. The molecule has 0 bridgehead atoms. The quantitative estimate of drug-likeness (QED) is 0.407. The number of amides is 1. The lowest BCUT2D eigenvalue weighted by Gasteiger charge is -2.09. The van der Waals surface area contributed by atoms with Gasteiger partial charge in [0.15, 0.2) is 0 Å². The van der Waals surface area contributed by atoms with Crippen molar-refractivity contribution in [3.63, 3.8) is 0 Å². The minimum Gasteiger partial charge on any atom is -0.292 e. The summed E-state index contributed by atoms with van der Waals surface area (Å²) in [5, 5.41) is 0.485. The zero-order valence-corrected chi connectivity index (χ0v) is 19.6. The Kier molecular flexibility index (Phi) is 5.62. The fourth-order valence-electron chi connectivity index (χ4n) is 4.33. The molecule has 8 nitrogen and oxygen atoms in total. The Morgan fingerprint density at radius 1 is 1.00 bits per heavy atom. The maximum atomic E-state index is 13.3. The van der Waals surface area contributed by atoms with E-state index in [2.05, 4.69) is 10.4 Å². The fraction of sp³-hybridized carbons (Fsp3) is 0.200. The molecule has 0 radical (unpaired) electrons. The van der Waals surface area contributed by atoms with Crippen LogP contribution in [0.5, 0.6) is 0 Å². The maximum Gasteiger partial charge on any atom is 0.329 e. The molecule has 172 valence electrons. The highest BCUT2D eigenvalue weighted by atomic mass is 32.1. The molecular formula is C25H23N5O3S. The molecule has 1 amide bonds. The third kappa shape index (κ3) is 3.63. The topological polar surface area (TPSA) is 90.9 Å². The summed E-state index contributed by atoms with van der Waals surface area (Å²) < 4.78 is 4.40. The molecule has 0 saturated heterocycles. The molecule has 0 aliphatic rings. The van der Waals surface area contributed by atoms with Crippen molar-refractivity contribution >= 4 is 38.5 Å². The van der Waals surface area contributed by atoms with E-state index in [4.69, 9.17) is 0 Å². The van der Waals surface area contributed by atoms with Crippen LogP contribution in [-0.2, 0) is 17.9 Å². The number of hydrogen-bond donors (Lipinski definition) is 1. The van der Waals surface area contributed by atoms with Gasteiger partial charge in [0.2, 0.25) is 5.91 Å². The van der Waals surface area contributed by atoms with E-state index in [1.165, 1.54) is 17.7 Å². The molecule has 0 spiro atoms. The molecule has 0 aliphatic heterocycles. The van der Waals surface area contributed by atoms with Crippen molar-refractivity contribution in [2.75, 3.05) is 5.43 Å². The third-order valence-electron chi connectivity index (χ3n) is 5.90. The second-order valence-electron chi connectivity index (χ2n) is 7.95. The minimum atomic E-state index is -0.378. The molecule has 34 heavy (non-hydrogen) atoms. The molecular weight excluding hydrogens is 450 g/mol. The van der Waals surface area contributed by atoms with Crippen molar-refractivity contribution in [1.29, 1.82) is 0 Å². The Balaban J connectivity index is 1.43. The van der Waals surface area contributed by atoms with E-state index in [1.807, 2.05) is 68.4 Å². The van der Waals surface area contributed by atoms with Gasteiger partial charge in [-0.3, -0.25) is 24.1 Å².